The third kappa shape index (κ3) is 2.58. The van der Waals surface area contributed by atoms with Crippen molar-refractivity contribution >= 4 is 22.2 Å². The number of thiazole rings is 1. The largest absolute Gasteiger partial charge is 0.390 e. The second-order valence-electron chi connectivity index (χ2n) is 5.82. The predicted molar refractivity (Wildman–Crippen MR) is 77.9 cm³/mol. The fourth-order valence-corrected chi connectivity index (χ4v) is 3.49. The molecule has 1 amide bonds. The van der Waals surface area contributed by atoms with Gasteiger partial charge in [0.1, 0.15) is 0 Å². The number of imidazole rings is 1. The Kier molecular flexibility index (Phi) is 3.30. The first-order valence-corrected chi connectivity index (χ1v) is 7.75. The number of fused-ring (bicyclic) bond motifs is 1. The zero-order chi connectivity index (χ0) is 14.3. The van der Waals surface area contributed by atoms with Gasteiger partial charge in [0.15, 0.2) is 4.96 Å². The lowest BCUT2D eigenvalue weighted by Gasteiger charge is -2.35. The predicted octanol–water partition coefficient (Wildman–Crippen LogP) is 1.62. The van der Waals surface area contributed by atoms with Gasteiger partial charge in [0.2, 0.25) is 5.91 Å². The van der Waals surface area contributed by atoms with Crippen LogP contribution in [0.5, 0.6) is 0 Å². The molecule has 1 aliphatic heterocycles. The number of amides is 1. The van der Waals surface area contributed by atoms with Crippen LogP contribution in [0.25, 0.3) is 4.96 Å². The average Bonchev–Trinajstić information content (AvgIpc) is 2.90. The lowest BCUT2D eigenvalue weighted by Crippen LogP contribution is -2.45. The molecule has 0 unspecified atom stereocenters. The van der Waals surface area contributed by atoms with Gasteiger partial charge in [-0.2, -0.15) is 0 Å². The molecule has 2 aromatic rings. The molecular formula is C14H19N3O2S. The smallest absolute Gasteiger partial charge is 0.228 e. The molecule has 6 heteroatoms. The molecule has 20 heavy (non-hydrogen) atoms. The van der Waals surface area contributed by atoms with Crippen LogP contribution in [0.4, 0.5) is 0 Å². The van der Waals surface area contributed by atoms with Crippen LogP contribution in [0.3, 0.4) is 0 Å². The molecule has 2 aromatic heterocycles. The summed E-state index contributed by atoms with van der Waals surface area (Å²) in [6.45, 7) is 5.08. The summed E-state index contributed by atoms with van der Waals surface area (Å²) in [5, 5.41) is 11.9. The van der Waals surface area contributed by atoms with Crippen LogP contribution < -0.4 is 0 Å². The highest BCUT2D eigenvalue weighted by molar-refractivity contribution is 7.15. The van der Waals surface area contributed by atoms with Crippen LogP contribution >= 0.6 is 11.3 Å². The molecule has 1 saturated heterocycles. The third-order valence-electron chi connectivity index (χ3n) is 3.93. The molecule has 0 saturated carbocycles. The highest BCUT2D eigenvalue weighted by Crippen LogP contribution is 2.22. The van der Waals surface area contributed by atoms with Crippen molar-refractivity contribution < 1.29 is 9.90 Å². The molecule has 0 atom stereocenters. The Labute approximate surface area is 121 Å². The Morgan fingerprint density at radius 3 is 2.90 bits per heavy atom. The SMILES string of the molecule is Cc1cn2c(CC(=O)N3CCC(C)(O)CC3)csc2n1. The third-order valence-corrected chi connectivity index (χ3v) is 4.82. The molecule has 3 heterocycles. The Morgan fingerprint density at radius 2 is 2.20 bits per heavy atom. The fourth-order valence-electron chi connectivity index (χ4n) is 2.57. The van der Waals surface area contributed by atoms with Gasteiger partial charge < -0.3 is 10.0 Å². The summed E-state index contributed by atoms with van der Waals surface area (Å²) in [4.78, 5) is 19.5. The van der Waals surface area contributed by atoms with Gasteiger partial charge >= 0.3 is 0 Å². The standard InChI is InChI=1S/C14H19N3O2S/c1-10-8-17-11(9-20-13(17)15-10)7-12(18)16-5-3-14(2,19)4-6-16/h8-9,19H,3-7H2,1-2H3. The van der Waals surface area contributed by atoms with Crippen LogP contribution in [0.1, 0.15) is 31.2 Å². The van der Waals surface area contributed by atoms with E-state index in [9.17, 15) is 9.90 Å². The lowest BCUT2D eigenvalue weighted by molar-refractivity contribution is -0.134. The summed E-state index contributed by atoms with van der Waals surface area (Å²) < 4.78 is 2.00. The topological polar surface area (TPSA) is 57.8 Å². The highest BCUT2D eigenvalue weighted by Gasteiger charge is 2.29. The molecule has 3 rings (SSSR count). The minimum atomic E-state index is -0.617. The van der Waals surface area contributed by atoms with E-state index in [1.165, 1.54) is 0 Å². The van der Waals surface area contributed by atoms with Gasteiger partial charge in [-0.25, -0.2) is 4.98 Å². The van der Waals surface area contributed by atoms with E-state index in [1.807, 2.05) is 34.7 Å². The number of carbonyl (C=O) groups excluding carboxylic acids is 1. The van der Waals surface area contributed by atoms with Crippen LogP contribution in [0, 0.1) is 6.92 Å². The minimum Gasteiger partial charge on any atom is -0.390 e. The van der Waals surface area contributed by atoms with Gasteiger partial charge in [-0.1, -0.05) is 0 Å². The van der Waals surface area contributed by atoms with E-state index in [0.717, 1.165) is 16.3 Å². The molecule has 1 aliphatic rings. The number of hydrogen-bond acceptors (Lipinski definition) is 4. The van der Waals surface area contributed by atoms with Crippen LogP contribution in [0.2, 0.25) is 0 Å². The van der Waals surface area contributed by atoms with Gasteiger partial charge in [0.25, 0.3) is 0 Å². The van der Waals surface area contributed by atoms with Crippen molar-refractivity contribution in [1.82, 2.24) is 14.3 Å². The molecule has 1 fully saturated rings. The maximum absolute atomic E-state index is 12.3. The number of rotatable bonds is 2. The quantitative estimate of drug-likeness (QED) is 0.915. The monoisotopic (exact) mass is 293 g/mol. The van der Waals surface area contributed by atoms with Gasteiger partial charge in [-0.15, -0.1) is 11.3 Å². The Morgan fingerprint density at radius 1 is 1.50 bits per heavy atom. The molecule has 0 spiro atoms. The van der Waals surface area contributed by atoms with Gasteiger partial charge in [0, 0.05) is 30.4 Å². The average molecular weight is 293 g/mol. The van der Waals surface area contributed by atoms with E-state index < -0.39 is 5.60 Å². The molecule has 0 aliphatic carbocycles. The summed E-state index contributed by atoms with van der Waals surface area (Å²) in [6, 6.07) is 0. The summed E-state index contributed by atoms with van der Waals surface area (Å²) in [5.74, 6) is 0.131. The first kappa shape index (κ1) is 13.6. The second-order valence-corrected chi connectivity index (χ2v) is 6.65. The fraction of sp³-hybridized carbons (Fsp3) is 0.571. The maximum Gasteiger partial charge on any atom is 0.228 e. The van der Waals surface area contributed by atoms with Crippen molar-refractivity contribution in [2.45, 2.75) is 38.7 Å². The van der Waals surface area contributed by atoms with Crippen molar-refractivity contribution in [3.63, 3.8) is 0 Å². The lowest BCUT2D eigenvalue weighted by atomic mass is 9.93. The minimum absolute atomic E-state index is 0.131. The zero-order valence-corrected chi connectivity index (χ0v) is 12.6. The summed E-state index contributed by atoms with van der Waals surface area (Å²) in [7, 11) is 0. The van der Waals surface area contributed by atoms with Crippen molar-refractivity contribution in [3.05, 3.63) is 23.0 Å². The van der Waals surface area contributed by atoms with E-state index in [2.05, 4.69) is 4.98 Å². The first-order valence-electron chi connectivity index (χ1n) is 6.87. The van der Waals surface area contributed by atoms with Gasteiger partial charge in [-0.3, -0.25) is 9.20 Å². The number of likely N-dealkylation sites (tertiary alicyclic amines) is 1. The van der Waals surface area contributed by atoms with E-state index in [1.54, 1.807) is 11.3 Å². The van der Waals surface area contributed by atoms with E-state index in [4.69, 9.17) is 0 Å². The Bertz CT molecular complexity index is 634. The van der Waals surface area contributed by atoms with Gasteiger partial charge in [0.05, 0.1) is 17.7 Å². The van der Waals surface area contributed by atoms with Crippen molar-refractivity contribution in [2.24, 2.45) is 0 Å². The summed E-state index contributed by atoms with van der Waals surface area (Å²) in [6.07, 6.45) is 3.68. The summed E-state index contributed by atoms with van der Waals surface area (Å²) >= 11 is 1.56. The number of nitrogens with zero attached hydrogens (tertiary/aromatic N) is 3. The van der Waals surface area contributed by atoms with Gasteiger partial charge in [-0.05, 0) is 26.7 Å². The number of aliphatic hydroxyl groups is 1. The molecule has 1 N–H and O–H groups in total. The molecule has 0 radical (unpaired) electrons. The van der Waals surface area contributed by atoms with Crippen molar-refractivity contribution in [3.8, 4) is 0 Å². The van der Waals surface area contributed by atoms with E-state index in [-0.39, 0.29) is 5.91 Å². The highest BCUT2D eigenvalue weighted by atomic mass is 32.1. The number of piperidine rings is 1. The van der Waals surface area contributed by atoms with E-state index >= 15 is 0 Å². The second kappa shape index (κ2) is 4.86. The first-order chi connectivity index (χ1) is 9.44. The van der Waals surface area contributed by atoms with Crippen molar-refractivity contribution in [1.29, 1.82) is 0 Å². The number of aryl methyl sites for hydroxylation is 1. The normalized spacial score (nSPS) is 18.6. The molecule has 108 valence electrons. The maximum atomic E-state index is 12.3. The van der Waals surface area contributed by atoms with Crippen LogP contribution in [0.15, 0.2) is 11.6 Å². The molecule has 5 nitrogen and oxygen atoms in total. The Balaban J connectivity index is 1.70. The number of carbonyl (C=O) groups is 1. The number of aromatic nitrogens is 2. The number of hydrogen-bond donors (Lipinski definition) is 1. The molecular weight excluding hydrogens is 274 g/mol. The van der Waals surface area contributed by atoms with Crippen LogP contribution in [-0.4, -0.2) is 44.0 Å². The zero-order valence-electron chi connectivity index (χ0n) is 11.8. The molecule has 0 bridgehead atoms. The summed E-state index contributed by atoms with van der Waals surface area (Å²) in [5.41, 5.74) is 1.35. The van der Waals surface area contributed by atoms with E-state index in [0.29, 0.717) is 32.4 Å². The Hall–Kier alpha value is -1.40. The molecule has 0 aromatic carbocycles. The van der Waals surface area contributed by atoms with Crippen LogP contribution in [-0.2, 0) is 11.2 Å². The van der Waals surface area contributed by atoms with Crippen molar-refractivity contribution in [2.75, 3.05) is 13.1 Å².